The van der Waals surface area contributed by atoms with Crippen molar-refractivity contribution in [2.45, 2.75) is 20.4 Å². The van der Waals surface area contributed by atoms with Crippen molar-refractivity contribution in [2.24, 2.45) is 0 Å². The molecule has 2 heterocycles. The lowest BCUT2D eigenvalue weighted by atomic mass is 10.1. The first kappa shape index (κ1) is 18.6. The zero-order chi connectivity index (χ0) is 20.7. The number of rotatable bonds is 4. The molecule has 0 N–H and O–H groups in total. The van der Waals surface area contributed by atoms with E-state index in [1.165, 1.54) is 11.1 Å². The average Bonchev–Trinajstić information content (AvgIpc) is 3.32. The second-order valence-corrected chi connectivity index (χ2v) is 7.96. The zero-order valence-electron chi connectivity index (χ0n) is 16.8. The van der Waals surface area contributed by atoms with E-state index in [2.05, 4.69) is 36.2 Å². The molecule has 0 unspecified atom stereocenters. The molecular formula is C25H20ClN3O. The normalized spacial score (nSPS) is 11.3. The van der Waals surface area contributed by atoms with Gasteiger partial charge in [0.1, 0.15) is 11.2 Å². The van der Waals surface area contributed by atoms with Gasteiger partial charge in [0, 0.05) is 10.7 Å². The van der Waals surface area contributed by atoms with Gasteiger partial charge in [-0.3, -0.25) is 4.68 Å². The molecule has 0 aliphatic rings. The van der Waals surface area contributed by atoms with E-state index in [0.717, 1.165) is 33.6 Å². The van der Waals surface area contributed by atoms with Crippen LogP contribution in [0.4, 0.5) is 0 Å². The minimum absolute atomic E-state index is 0.527. The molecule has 0 atom stereocenters. The summed E-state index contributed by atoms with van der Waals surface area (Å²) in [5.41, 5.74) is 7.89. The van der Waals surface area contributed by atoms with Crippen LogP contribution in [-0.4, -0.2) is 14.8 Å². The minimum atomic E-state index is 0.527. The first-order valence-corrected chi connectivity index (χ1v) is 10.2. The Hall–Kier alpha value is -3.37. The summed E-state index contributed by atoms with van der Waals surface area (Å²) < 4.78 is 7.97. The molecule has 0 saturated heterocycles. The van der Waals surface area contributed by atoms with E-state index in [1.807, 2.05) is 60.1 Å². The maximum absolute atomic E-state index is 6.14. The van der Waals surface area contributed by atoms with Crippen LogP contribution >= 0.6 is 11.6 Å². The van der Waals surface area contributed by atoms with Crippen molar-refractivity contribution in [2.75, 3.05) is 0 Å². The van der Waals surface area contributed by atoms with Crippen molar-refractivity contribution in [3.8, 4) is 22.7 Å². The highest BCUT2D eigenvalue weighted by Gasteiger charge is 2.14. The molecule has 5 rings (SSSR count). The van der Waals surface area contributed by atoms with Gasteiger partial charge in [-0.15, -0.1) is 0 Å². The molecule has 0 amide bonds. The van der Waals surface area contributed by atoms with Crippen LogP contribution in [0.1, 0.15) is 16.8 Å². The lowest BCUT2D eigenvalue weighted by Gasteiger charge is -2.04. The summed E-state index contributed by atoms with van der Waals surface area (Å²) >= 11 is 6.14. The molecule has 0 radical (unpaired) electrons. The number of aromatic nitrogens is 3. The fraction of sp³-hybridized carbons (Fsp3) is 0.120. The van der Waals surface area contributed by atoms with E-state index in [-0.39, 0.29) is 0 Å². The van der Waals surface area contributed by atoms with Gasteiger partial charge in [0.25, 0.3) is 0 Å². The van der Waals surface area contributed by atoms with E-state index in [0.29, 0.717) is 17.5 Å². The number of hydrogen-bond acceptors (Lipinski definition) is 3. The van der Waals surface area contributed by atoms with Gasteiger partial charge in [0.05, 0.1) is 6.54 Å². The Morgan fingerprint density at radius 1 is 0.900 bits per heavy atom. The Labute approximate surface area is 179 Å². The standard InChI is InChI=1S/C25H20ClN3O/c1-16-6-8-18(9-7-16)15-29-17(2)12-23(28-29)25-27-22-14-20(10-11-24(22)30-25)19-4-3-5-21(26)13-19/h3-14H,15H2,1-2H3. The van der Waals surface area contributed by atoms with E-state index < -0.39 is 0 Å². The summed E-state index contributed by atoms with van der Waals surface area (Å²) in [7, 11) is 0. The van der Waals surface area contributed by atoms with Crippen molar-refractivity contribution in [3.05, 3.63) is 94.6 Å². The van der Waals surface area contributed by atoms with Crippen LogP contribution < -0.4 is 0 Å². The topological polar surface area (TPSA) is 43.9 Å². The van der Waals surface area contributed by atoms with Crippen LogP contribution in [0.5, 0.6) is 0 Å². The predicted molar refractivity (Wildman–Crippen MR) is 121 cm³/mol. The number of aryl methyl sites for hydroxylation is 2. The van der Waals surface area contributed by atoms with Crippen molar-refractivity contribution < 1.29 is 4.42 Å². The van der Waals surface area contributed by atoms with Crippen LogP contribution in [0.25, 0.3) is 33.8 Å². The third-order valence-electron chi connectivity index (χ3n) is 5.20. The van der Waals surface area contributed by atoms with Gasteiger partial charge < -0.3 is 4.42 Å². The van der Waals surface area contributed by atoms with Gasteiger partial charge >= 0.3 is 0 Å². The average molecular weight is 414 g/mol. The summed E-state index contributed by atoms with van der Waals surface area (Å²) in [6.45, 7) is 4.85. The van der Waals surface area contributed by atoms with E-state index >= 15 is 0 Å². The van der Waals surface area contributed by atoms with Crippen molar-refractivity contribution in [3.63, 3.8) is 0 Å². The largest absolute Gasteiger partial charge is 0.435 e. The van der Waals surface area contributed by atoms with Crippen molar-refractivity contribution >= 4 is 22.7 Å². The van der Waals surface area contributed by atoms with Crippen LogP contribution in [-0.2, 0) is 6.54 Å². The van der Waals surface area contributed by atoms with Crippen LogP contribution in [0, 0.1) is 13.8 Å². The van der Waals surface area contributed by atoms with Crippen molar-refractivity contribution in [1.29, 1.82) is 0 Å². The summed E-state index contributed by atoms with van der Waals surface area (Å²) in [5, 5.41) is 5.44. The molecule has 0 spiro atoms. The molecule has 2 aromatic heterocycles. The fourth-order valence-corrected chi connectivity index (χ4v) is 3.72. The quantitative estimate of drug-likeness (QED) is 0.330. The molecule has 5 heteroatoms. The molecular weight excluding hydrogens is 394 g/mol. The Morgan fingerprint density at radius 2 is 1.70 bits per heavy atom. The monoisotopic (exact) mass is 413 g/mol. The van der Waals surface area contributed by atoms with Crippen LogP contribution in [0.2, 0.25) is 5.02 Å². The smallest absolute Gasteiger partial charge is 0.248 e. The molecule has 0 bridgehead atoms. The molecule has 0 aliphatic heterocycles. The highest BCUT2D eigenvalue weighted by atomic mass is 35.5. The maximum atomic E-state index is 6.14. The lowest BCUT2D eigenvalue weighted by molar-refractivity contribution is 0.608. The van der Waals surface area contributed by atoms with E-state index in [4.69, 9.17) is 21.1 Å². The van der Waals surface area contributed by atoms with Gasteiger partial charge in [0.2, 0.25) is 5.89 Å². The van der Waals surface area contributed by atoms with Gasteiger partial charge in [-0.25, -0.2) is 4.98 Å². The van der Waals surface area contributed by atoms with Gasteiger partial charge in [0.15, 0.2) is 5.58 Å². The third-order valence-corrected chi connectivity index (χ3v) is 5.43. The molecule has 0 fully saturated rings. The number of oxazole rings is 1. The highest BCUT2D eigenvalue weighted by molar-refractivity contribution is 6.30. The van der Waals surface area contributed by atoms with Crippen LogP contribution in [0.15, 0.2) is 77.2 Å². The summed E-state index contributed by atoms with van der Waals surface area (Å²) in [6.07, 6.45) is 0. The number of hydrogen-bond donors (Lipinski definition) is 0. The second-order valence-electron chi connectivity index (χ2n) is 7.53. The third kappa shape index (κ3) is 3.62. The molecule has 0 aliphatic carbocycles. The number of nitrogens with zero attached hydrogens (tertiary/aromatic N) is 3. The fourth-order valence-electron chi connectivity index (χ4n) is 3.53. The number of benzene rings is 3. The second kappa shape index (κ2) is 7.47. The van der Waals surface area contributed by atoms with Gasteiger partial charge in [-0.2, -0.15) is 5.10 Å². The zero-order valence-corrected chi connectivity index (χ0v) is 17.5. The Balaban J connectivity index is 1.47. The first-order chi connectivity index (χ1) is 14.5. The molecule has 0 saturated carbocycles. The van der Waals surface area contributed by atoms with Gasteiger partial charge in [-0.05, 0) is 60.9 Å². The maximum Gasteiger partial charge on any atom is 0.248 e. The van der Waals surface area contributed by atoms with Gasteiger partial charge in [-0.1, -0.05) is 59.6 Å². The highest BCUT2D eigenvalue weighted by Crippen LogP contribution is 2.29. The Kier molecular flexibility index (Phi) is 4.64. The van der Waals surface area contributed by atoms with Crippen molar-refractivity contribution in [1.82, 2.24) is 14.8 Å². The molecule has 5 aromatic rings. The molecule has 4 nitrogen and oxygen atoms in total. The minimum Gasteiger partial charge on any atom is -0.435 e. The molecule has 148 valence electrons. The molecule has 30 heavy (non-hydrogen) atoms. The molecule has 3 aromatic carbocycles. The Morgan fingerprint density at radius 3 is 2.50 bits per heavy atom. The lowest BCUT2D eigenvalue weighted by Crippen LogP contribution is -2.03. The number of halogens is 1. The SMILES string of the molecule is Cc1ccc(Cn2nc(-c3nc4cc(-c5cccc(Cl)c5)ccc4o3)cc2C)cc1. The van der Waals surface area contributed by atoms with E-state index in [1.54, 1.807) is 0 Å². The first-order valence-electron chi connectivity index (χ1n) is 9.82. The number of fused-ring (bicyclic) bond motifs is 1. The van der Waals surface area contributed by atoms with Crippen LogP contribution in [0.3, 0.4) is 0 Å². The van der Waals surface area contributed by atoms with E-state index in [9.17, 15) is 0 Å². The summed E-state index contributed by atoms with van der Waals surface area (Å²) in [6, 6.07) is 24.3. The summed E-state index contributed by atoms with van der Waals surface area (Å²) in [4.78, 5) is 4.69. The predicted octanol–water partition coefficient (Wildman–Crippen LogP) is 6.68. The summed E-state index contributed by atoms with van der Waals surface area (Å²) in [5.74, 6) is 0.527. The Bertz CT molecular complexity index is 1350.